The van der Waals surface area contributed by atoms with Gasteiger partial charge in [0, 0.05) is 0 Å². The first-order valence-electron chi connectivity index (χ1n) is 3.79. The van der Waals surface area contributed by atoms with Crippen molar-refractivity contribution in [3.63, 3.8) is 0 Å². The van der Waals surface area contributed by atoms with Crippen molar-refractivity contribution in [2.45, 2.75) is 0 Å². The van der Waals surface area contributed by atoms with Crippen LogP contribution in [-0.2, 0) is 0 Å². The second-order valence-electron chi connectivity index (χ2n) is 2.32. The van der Waals surface area contributed by atoms with Gasteiger partial charge in [-0.05, 0) is 0 Å². The number of amides is 2. The van der Waals surface area contributed by atoms with Crippen LogP contribution in [0.4, 0.5) is 9.59 Å². The first-order chi connectivity index (χ1) is 6.52. The van der Waals surface area contributed by atoms with Gasteiger partial charge in [0.15, 0.2) is 0 Å². The maximum absolute atomic E-state index is 10.5. The molecule has 1 aliphatic rings. The van der Waals surface area contributed by atoms with Crippen molar-refractivity contribution in [2.24, 2.45) is 5.73 Å². The van der Waals surface area contributed by atoms with Crippen LogP contribution in [0, 0.1) is 0 Å². The van der Waals surface area contributed by atoms with Gasteiger partial charge < -0.3 is 0 Å². The molecule has 0 aliphatic carbocycles. The van der Waals surface area contributed by atoms with Crippen molar-refractivity contribution in [1.82, 2.24) is 10.4 Å². The van der Waals surface area contributed by atoms with E-state index in [0.29, 0.717) is 0 Å². The molecule has 0 bridgehead atoms. The van der Waals surface area contributed by atoms with Crippen molar-refractivity contribution in [2.75, 3.05) is 24.6 Å². The molecule has 0 atom stereocenters. The second-order valence-corrected chi connectivity index (χ2v) is 5.16. The summed E-state index contributed by atoms with van der Waals surface area (Å²) in [5.41, 5.74) is 7.12. The summed E-state index contributed by atoms with van der Waals surface area (Å²) in [5.74, 6) is 2.22. The molecule has 3 N–H and O–H groups in total. The van der Waals surface area contributed by atoms with E-state index >= 15 is 0 Å². The number of nitrogens with zero attached hydrogens (tertiary/aromatic N) is 1. The number of carbonyl (C=O) groups excluding carboxylic acids is 2. The van der Waals surface area contributed by atoms with E-state index in [4.69, 9.17) is 4.79 Å². The third-order valence-corrected chi connectivity index (χ3v) is 2.39. The zero-order valence-electron chi connectivity index (χ0n) is 7.39. The zero-order valence-corrected chi connectivity index (χ0v) is 11.6. The van der Waals surface area contributed by atoms with Crippen molar-refractivity contribution in [3.8, 4) is 0 Å². The predicted molar refractivity (Wildman–Crippen MR) is 58.5 cm³/mol. The Bertz CT molecular complexity index is 196. The van der Waals surface area contributed by atoms with E-state index in [0.717, 1.165) is 24.6 Å². The van der Waals surface area contributed by atoms with Crippen LogP contribution >= 0.6 is 11.8 Å². The van der Waals surface area contributed by atoms with Crippen LogP contribution in [0.3, 0.4) is 0 Å². The van der Waals surface area contributed by atoms with E-state index in [-0.39, 0.29) is 4.81 Å². The number of rotatable bonds is 1. The third kappa shape index (κ3) is 10.4. The topological polar surface area (TPSA) is 75.4 Å². The van der Waals surface area contributed by atoms with E-state index in [1.54, 1.807) is 0 Å². The number of nitrogens with two attached hydrogens (primary N) is 1. The first kappa shape index (κ1) is 14.3. The molecular formula is C6H11N3O2SSe2. The summed E-state index contributed by atoms with van der Waals surface area (Å²) < 4.78 is 0. The number of nitrogens with one attached hydrogen (secondary N) is 1. The van der Waals surface area contributed by atoms with Gasteiger partial charge in [0.2, 0.25) is 0 Å². The Morgan fingerprint density at radius 3 is 2.07 bits per heavy atom. The van der Waals surface area contributed by atoms with E-state index in [2.05, 4.69) is 27.2 Å². The van der Waals surface area contributed by atoms with Crippen molar-refractivity contribution >= 4 is 53.4 Å². The molecule has 0 unspecified atom stereocenters. The summed E-state index contributed by atoms with van der Waals surface area (Å²) in [6.45, 7) is 1.91. The van der Waals surface area contributed by atoms with Gasteiger partial charge in [-0.2, -0.15) is 0 Å². The fourth-order valence-electron chi connectivity index (χ4n) is 0.804. The molecule has 0 spiro atoms. The molecular weight excluding hydrogens is 336 g/mol. The van der Waals surface area contributed by atoms with Gasteiger partial charge in [0.25, 0.3) is 0 Å². The maximum atomic E-state index is 10.5. The Balaban J connectivity index is 0.000000364. The van der Waals surface area contributed by atoms with E-state index in [1.807, 2.05) is 32.8 Å². The van der Waals surface area contributed by atoms with E-state index < -0.39 is 4.81 Å². The molecule has 8 heteroatoms. The average Bonchev–Trinajstić information content (AvgIpc) is 2.03. The van der Waals surface area contributed by atoms with Crippen molar-refractivity contribution in [1.29, 1.82) is 0 Å². The minimum absolute atomic E-state index is 0.0908. The van der Waals surface area contributed by atoms with Gasteiger partial charge >= 0.3 is 104 Å². The van der Waals surface area contributed by atoms with E-state index in [1.165, 1.54) is 0 Å². The van der Waals surface area contributed by atoms with E-state index in [9.17, 15) is 4.79 Å². The van der Waals surface area contributed by atoms with Crippen LogP contribution in [0.5, 0.6) is 0 Å². The standard InChI is InChI=1S/C5H9N2OSSe.CH2NOSe/c8-5(10)6-7-1-3-9-4-2-7;2-1(3)4/h1-4H2,(H,6,8);(H2,2,3). The Hall–Kier alpha value is 0.289. The SMILES string of the molecule is NC(=O)[Se].O=C([Se])NN1CCSCC1. The zero-order chi connectivity index (χ0) is 11.0. The van der Waals surface area contributed by atoms with Crippen molar-refractivity contribution in [3.05, 3.63) is 0 Å². The third-order valence-electron chi connectivity index (χ3n) is 1.26. The minimum atomic E-state index is -0.458. The van der Waals surface area contributed by atoms with Crippen LogP contribution in [0.1, 0.15) is 0 Å². The fourth-order valence-corrected chi connectivity index (χ4v) is 1.98. The van der Waals surface area contributed by atoms with Gasteiger partial charge in [-0.3, -0.25) is 0 Å². The van der Waals surface area contributed by atoms with Crippen LogP contribution in [0.15, 0.2) is 0 Å². The summed E-state index contributed by atoms with van der Waals surface area (Å²) in [7, 11) is 0. The average molecular weight is 347 g/mol. The number of primary amides is 1. The van der Waals surface area contributed by atoms with Crippen LogP contribution in [-0.4, -0.2) is 71.2 Å². The summed E-state index contributed by atoms with van der Waals surface area (Å²) >= 11 is 6.35. The molecule has 2 radical (unpaired) electrons. The summed E-state index contributed by atoms with van der Waals surface area (Å²) in [4.78, 5) is 19.1. The van der Waals surface area contributed by atoms with Gasteiger partial charge in [0.1, 0.15) is 0 Å². The number of hydrogen-bond donors (Lipinski definition) is 2. The van der Waals surface area contributed by atoms with Gasteiger partial charge in [0.05, 0.1) is 0 Å². The fraction of sp³-hybridized carbons (Fsp3) is 0.667. The molecule has 0 aromatic carbocycles. The van der Waals surface area contributed by atoms with Gasteiger partial charge in [-0.15, -0.1) is 0 Å². The number of hydrazine groups is 1. The predicted octanol–water partition coefficient (Wildman–Crippen LogP) is -0.938. The van der Waals surface area contributed by atoms with Crippen molar-refractivity contribution < 1.29 is 9.59 Å². The summed E-state index contributed by atoms with van der Waals surface area (Å²) in [6, 6.07) is 0. The Kier molecular flexibility index (Phi) is 8.76. The Labute approximate surface area is 104 Å². The first-order valence-corrected chi connectivity index (χ1v) is 6.66. The summed E-state index contributed by atoms with van der Waals surface area (Å²) in [6.07, 6.45) is 0. The quantitative estimate of drug-likeness (QED) is 0.601. The molecule has 2 amide bonds. The molecule has 80 valence electrons. The molecule has 5 nitrogen and oxygen atoms in total. The number of carbonyl (C=O) groups is 2. The van der Waals surface area contributed by atoms with Crippen LogP contribution in [0.2, 0.25) is 0 Å². The molecule has 1 fully saturated rings. The molecule has 14 heavy (non-hydrogen) atoms. The molecule has 1 saturated heterocycles. The molecule has 0 saturated carbocycles. The number of hydrogen-bond acceptors (Lipinski definition) is 4. The molecule has 0 aromatic heterocycles. The number of thioether (sulfide) groups is 1. The Morgan fingerprint density at radius 1 is 1.29 bits per heavy atom. The molecule has 0 aromatic rings. The van der Waals surface area contributed by atoms with Crippen LogP contribution < -0.4 is 11.2 Å². The summed E-state index contributed by atoms with van der Waals surface area (Å²) in [5, 5.41) is 1.94. The monoisotopic (exact) mass is 349 g/mol. The van der Waals surface area contributed by atoms with Crippen LogP contribution in [0.25, 0.3) is 0 Å². The normalized spacial score (nSPS) is 16.3. The molecule has 1 heterocycles. The molecule has 1 rings (SSSR count). The van der Waals surface area contributed by atoms with Gasteiger partial charge in [-0.25, -0.2) is 0 Å². The Morgan fingerprint density at radius 2 is 1.71 bits per heavy atom. The van der Waals surface area contributed by atoms with Gasteiger partial charge in [-0.1, -0.05) is 0 Å². The second kappa shape index (κ2) is 8.59. The molecule has 1 aliphatic heterocycles.